The van der Waals surface area contributed by atoms with Crippen molar-refractivity contribution in [1.29, 1.82) is 0 Å². The highest BCUT2D eigenvalue weighted by Crippen LogP contribution is 2.11. The molecule has 5 heteroatoms. The molecule has 0 aliphatic heterocycles. The van der Waals surface area contributed by atoms with Crippen LogP contribution in [0.4, 0.5) is 5.69 Å². The molecule has 0 unspecified atom stereocenters. The minimum Gasteiger partial charge on any atom is -0.481 e. The zero-order valence-electron chi connectivity index (χ0n) is 8.56. The second-order valence-corrected chi connectivity index (χ2v) is 2.96. The number of aromatic nitrogens is 1. The number of hydrogen-bond donors (Lipinski definition) is 2. The number of hydrogen-bond acceptors (Lipinski definition) is 4. The lowest BCUT2D eigenvalue weighted by atomic mass is 10.3. The molecule has 0 aromatic carbocycles. The Balaban J connectivity index is 2.46. The number of amides is 1. The molecule has 0 saturated carbocycles. The lowest BCUT2D eigenvalue weighted by Crippen LogP contribution is -2.11. The van der Waals surface area contributed by atoms with Crippen LogP contribution in [0.25, 0.3) is 0 Å². The summed E-state index contributed by atoms with van der Waals surface area (Å²) in [7, 11) is 1.53. The van der Waals surface area contributed by atoms with Gasteiger partial charge in [-0.25, -0.2) is 4.98 Å². The van der Waals surface area contributed by atoms with E-state index in [0.29, 0.717) is 24.4 Å². The fourth-order valence-corrected chi connectivity index (χ4v) is 1.04. The molecular weight excluding hydrogens is 196 g/mol. The van der Waals surface area contributed by atoms with Crippen molar-refractivity contribution in [3.8, 4) is 5.88 Å². The number of aliphatic hydroxyl groups is 1. The third-order valence-corrected chi connectivity index (χ3v) is 1.79. The summed E-state index contributed by atoms with van der Waals surface area (Å²) in [5.41, 5.74) is 0.624. The number of carbonyl (C=O) groups is 1. The number of rotatable bonds is 5. The van der Waals surface area contributed by atoms with Crippen LogP contribution in [0.3, 0.4) is 0 Å². The molecule has 1 rings (SSSR count). The van der Waals surface area contributed by atoms with Crippen LogP contribution in [0.15, 0.2) is 18.3 Å². The van der Waals surface area contributed by atoms with E-state index in [1.807, 2.05) is 0 Å². The fourth-order valence-electron chi connectivity index (χ4n) is 1.04. The van der Waals surface area contributed by atoms with Gasteiger partial charge in [-0.05, 0) is 12.5 Å². The molecule has 1 heterocycles. The number of pyridine rings is 1. The second-order valence-electron chi connectivity index (χ2n) is 2.96. The molecule has 1 aromatic heterocycles. The minimum absolute atomic E-state index is 0.0221. The zero-order valence-corrected chi connectivity index (χ0v) is 8.56. The summed E-state index contributed by atoms with van der Waals surface area (Å²) in [6.45, 7) is 0.0221. The van der Waals surface area contributed by atoms with E-state index in [0.717, 1.165) is 0 Å². The predicted molar refractivity (Wildman–Crippen MR) is 55.7 cm³/mol. The quantitative estimate of drug-likeness (QED) is 0.754. The maximum absolute atomic E-state index is 11.2. The maximum atomic E-state index is 11.2. The number of carbonyl (C=O) groups excluding carboxylic acids is 1. The van der Waals surface area contributed by atoms with Crippen molar-refractivity contribution < 1.29 is 14.6 Å². The van der Waals surface area contributed by atoms with E-state index in [2.05, 4.69) is 10.3 Å². The number of nitrogens with one attached hydrogen (secondary N) is 1. The van der Waals surface area contributed by atoms with Crippen LogP contribution in [0.1, 0.15) is 12.8 Å². The summed E-state index contributed by atoms with van der Waals surface area (Å²) in [4.78, 5) is 15.2. The van der Waals surface area contributed by atoms with Crippen molar-refractivity contribution >= 4 is 11.6 Å². The first-order chi connectivity index (χ1) is 7.26. The smallest absolute Gasteiger partial charge is 0.224 e. The van der Waals surface area contributed by atoms with Crippen LogP contribution in [-0.4, -0.2) is 29.7 Å². The third kappa shape index (κ3) is 3.95. The topological polar surface area (TPSA) is 71.5 Å². The minimum atomic E-state index is -0.129. The van der Waals surface area contributed by atoms with Gasteiger partial charge in [0, 0.05) is 19.1 Å². The number of ether oxygens (including phenoxy) is 1. The SMILES string of the molecule is COc1ccc(NC(=O)CCCO)cn1. The molecule has 0 bridgehead atoms. The first-order valence-electron chi connectivity index (χ1n) is 4.67. The number of aliphatic hydroxyl groups excluding tert-OH is 1. The Labute approximate surface area is 88.1 Å². The summed E-state index contributed by atoms with van der Waals surface area (Å²) in [5.74, 6) is 0.374. The van der Waals surface area contributed by atoms with Crippen LogP contribution in [0.5, 0.6) is 5.88 Å². The van der Waals surface area contributed by atoms with Gasteiger partial charge < -0.3 is 15.2 Å². The molecule has 0 spiro atoms. The van der Waals surface area contributed by atoms with Gasteiger partial charge in [-0.1, -0.05) is 0 Å². The Morgan fingerprint density at radius 1 is 1.60 bits per heavy atom. The second kappa shape index (κ2) is 5.98. The van der Waals surface area contributed by atoms with Gasteiger partial charge in [-0.2, -0.15) is 0 Å². The van der Waals surface area contributed by atoms with Gasteiger partial charge in [0.1, 0.15) is 0 Å². The molecule has 0 fully saturated rings. The number of anilines is 1. The summed E-state index contributed by atoms with van der Waals surface area (Å²) in [6, 6.07) is 3.38. The molecule has 1 aromatic rings. The average Bonchev–Trinajstić information content (AvgIpc) is 2.27. The van der Waals surface area contributed by atoms with E-state index in [1.54, 1.807) is 12.1 Å². The Morgan fingerprint density at radius 2 is 2.40 bits per heavy atom. The van der Waals surface area contributed by atoms with Crippen LogP contribution in [0.2, 0.25) is 0 Å². The third-order valence-electron chi connectivity index (χ3n) is 1.79. The molecule has 15 heavy (non-hydrogen) atoms. The van der Waals surface area contributed by atoms with Crippen molar-refractivity contribution in [3.63, 3.8) is 0 Å². The largest absolute Gasteiger partial charge is 0.481 e. The number of methoxy groups -OCH3 is 1. The molecule has 0 atom stereocenters. The maximum Gasteiger partial charge on any atom is 0.224 e. The first-order valence-corrected chi connectivity index (χ1v) is 4.67. The van der Waals surface area contributed by atoms with Gasteiger partial charge in [0.05, 0.1) is 19.0 Å². The van der Waals surface area contributed by atoms with E-state index in [9.17, 15) is 4.79 Å². The molecule has 0 saturated heterocycles. The summed E-state index contributed by atoms with van der Waals surface area (Å²) in [5, 5.41) is 11.2. The van der Waals surface area contributed by atoms with E-state index in [-0.39, 0.29) is 12.5 Å². The molecular formula is C10H14N2O3. The summed E-state index contributed by atoms with van der Waals surface area (Å²) >= 11 is 0. The highest BCUT2D eigenvalue weighted by molar-refractivity contribution is 5.90. The fraction of sp³-hybridized carbons (Fsp3) is 0.400. The highest BCUT2D eigenvalue weighted by Gasteiger charge is 2.02. The van der Waals surface area contributed by atoms with E-state index >= 15 is 0 Å². The van der Waals surface area contributed by atoms with E-state index < -0.39 is 0 Å². The van der Waals surface area contributed by atoms with Gasteiger partial charge in [0.2, 0.25) is 11.8 Å². The molecule has 0 aliphatic carbocycles. The predicted octanol–water partition coefficient (Wildman–Crippen LogP) is 0.801. The highest BCUT2D eigenvalue weighted by atomic mass is 16.5. The van der Waals surface area contributed by atoms with Crippen LogP contribution < -0.4 is 10.1 Å². The van der Waals surface area contributed by atoms with Crippen molar-refractivity contribution in [2.75, 3.05) is 19.0 Å². The van der Waals surface area contributed by atoms with Gasteiger partial charge in [0.25, 0.3) is 0 Å². The zero-order chi connectivity index (χ0) is 11.1. The van der Waals surface area contributed by atoms with Crippen molar-refractivity contribution in [3.05, 3.63) is 18.3 Å². The van der Waals surface area contributed by atoms with Crippen molar-refractivity contribution in [1.82, 2.24) is 4.98 Å². The molecule has 2 N–H and O–H groups in total. The van der Waals surface area contributed by atoms with E-state index in [1.165, 1.54) is 13.3 Å². The van der Waals surface area contributed by atoms with Crippen LogP contribution >= 0.6 is 0 Å². The molecule has 0 radical (unpaired) electrons. The number of nitrogens with zero attached hydrogens (tertiary/aromatic N) is 1. The van der Waals surface area contributed by atoms with Gasteiger partial charge in [-0.3, -0.25) is 4.79 Å². The normalized spacial score (nSPS) is 9.73. The Hall–Kier alpha value is -1.62. The standard InChI is InChI=1S/C10H14N2O3/c1-15-10-5-4-8(7-11-10)12-9(14)3-2-6-13/h4-5,7,13H,2-3,6H2,1H3,(H,12,14). The molecule has 82 valence electrons. The Morgan fingerprint density at radius 3 is 2.93 bits per heavy atom. The Bertz CT molecular complexity index is 311. The van der Waals surface area contributed by atoms with Crippen LogP contribution in [0, 0.1) is 0 Å². The van der Waals surface area contributed by atoms with Gasteiger partial charge >= 0.3 is 0 Å². The first kappa shape index (κ1) is 11.5. The van der Waals surface area contributed by atoms with Crippen LogP contribution in [-0.2, 0) is 4.79 Å². The molecule has 0 aliphatic rings. The van der Waals surface area contributed by atoms with Crippen molar-refractivity contribution in [2.24, 2.45) is 0 Å². The van der Waals surface area contributed by atoms with E-state index in [4.69, 9.17) is 9.84 Å². The lowest BCUT2D eigenvalue weighted by Gasteiger charge is -2.04. The van der Waals surface area contributed by atoms with Gasteiger partial charge in [0.15, 0.2) is 0 Å². The summed E-state index contributed by atoms with van der Waals surface area (Å²) in [6.07, 6.45) is 2.30. The van der Waals surface area contributed by atoms with Crippen molar-refractivity contribution in [2.45, 2.75) is 12.8 Å². The average molecular weight is 210 g/mol. The Kier molecular flexibility index (Phi) is 4.56. The molecule has 1 amide bonds. The van der Waals surface area contributed by atoms with Gasteiger partial charge in [-0.15, -0.1) is 0 Å². The summed E-state index contributed by atoms with van der Waals surface area (Å²) < 4.78 is 4.88. The molecule has 5 nitrogen and oxygen atoms in total. The lowest BCUT2D eigenvalue weighted by molar-refractivity contribution is -0.116. The monoisotopic (exact) mass is 210 g/mol.